The zero-order valence-corrected chi connectivity index (χ0v) is 37.6. The Labute approximate surface area is 366 Å². The number of hydrogen-bond donors (Lipinski definition) is 1. The van der Waals surface area contributed by atoms with E-state index in [1.165, 1.54) is 39.0 Å². The maximum absolute atomic E-state index is 11.9. The first-order chi connectivity index (χ1) is 29.5. The first-order valence-electron chi connectivity index (χ1n) is 22.1. The monoisotopic (exact) mass is 806 g/mol. The van der Waals surface area contributed by atoms with Crippen LogP contribution in [0.5, 0.6) is 0 Å². The van der Waals surface area contributed by atoms with Gasteiger partial charge in [-0.1, -0.05) is 155 Å². The van der Waals surface area contributed by atoms with E-state index in [1.807, 2.05) is 0 Å². The summed E-state index contributed by atoms with van der Waals surface area (Å²) in [7, 11) is 0. The Balaban J connectivity index is 1.42. The van der Waals surface area contributed by atoms with Gasteiger partial charge in [-0.05, 0) is 103 Å². The van der Waals surface area contributed by atoms with Crippen molar-refractivity contribution < 1.29 is 0 Å². The van der Waals surface area contributed by atoms with E-state index in [-0.39, 0.29) is 34.1 Å². The van der Waals surface area contributed by atoms with Crippen molar-refractivity contribution in [2.45, 2.75) is 92.0 Å². The van der Waals surface area contributed by atoms with Crippen LogP contribution >= 0.6 is 0 Å². The first-order valence-corrected chi connectivity index (χ1v) is 22.1. The maximum Gasteiger partial charge on any atom is 0.102 e. The van der Waals surface area contributed by atoms with Gasteiger partial charge in [-0.2, -0.15) is 10.5 Å². The quantitative estimate of drug-likeness (QED) is 0.193. The highest BCUT2D eigenvalue weighted by atomic mass is 15.0. The van der Waals surface area contributed by atoms with E-state index < -0.39 is 0 Å². The summed E-state index contributed by atoms with van der Waals surface area (Å²) >= 11 is 0. The van der Waals surface area contributed by atoms with Gasteiger partial charge in [0, 0.05) is 44.5 Å². The Morgan fingerprint density at radius 2 is 1.13 bits per heavy atom. The van der Waals surface area contributed by atoms with E-state index in [0.717, 1.165) is 55.4 Å². The molecule has 1 N–H and O–H groups in total. The molecule has 306 valence electrons. The third-order valence-electron chi connectivity index (χ3n) is 14.2. The molecule has 0 amide bonds. The first kappa shape index (κ1) is 39.5. The van der Waals surface area contributed by atoms with Crippen LogP contribution in [0.2, 0.25) is 0 Å². The average Bonchev–Trinajstić information content (AvgIpc) is 3.82. The maximum atomic E-state index is 11.9. The molecule has 1 spiro atoms. The molecule has 1 fully saturated rings. The van der Waals surface area contributed by atoms with Crippen LogP contribution in [0.15, 0.2) is 127 Å². The van der Waals surface area contributed by atoms with E-state index in [0.29, 0.717) is 16.7 Å². The molecule has 1 aromatic heterocycles. The molecule has 1 aliphatic heterocycles. The van der Waals surface area contributed by atoms with Crippen LogP contribution in [-0.2, 0) is 10.8 Å². The summed E-state index contributed by atoms with van der Waals surface area (Å²) in [5, 5.41) is 30.1. The lowest BCUT2D eigenvalue weighted by Gasteiger charge is -2.38. The molecule has 4 atom stereocenters. The van der Waals surface area contributed by atoms with Crippen LogP contribution in [0.3, 0.4) is 0 Å². The van der Waals surface area contributed by atoms with Crippen LogP contribution in [0.1, 0.15) is 110 Å². The molecule has 6 aromatic carbocycles. The standard InChI is InChI=1S/C58H54N4/c1-33-11-22-47-43(29-33)53-46-30-36(4)25-26-58(46,53)55(61-47)52-44(31-59)50(37-14-18-39(19-15-37)56(5,6)7)45(32-60)54(51(52)38-16-20-40(21-17-38)57(8,9)10)62-48-23-12-34(2)27-41(48)42-28-35(3)13-24-49(42)62/h11-30,46,53,55,61H,1-10H3. The molecule has 4 unspecified atom stereocenters. The Kier molecular flexibility index (Phi) is 8.73. The average molecular weight is 807 g/mol. The van der Waals surface area contributed by atoms with Crippen molar-refractivity contribution in [3.05, 3.63) is 177 Å². The molecule has 3 aliphatic rings. The fourth-order valence-corrected chi connectivity index (χ4v) is 11.0. The fraction of sp³-hybridized carbons (Fsp3) is 0.276. The molecular weight excluding hydrogens is 753 g/mol. The van der Waals surface area contributed by atoms with Gasteiger partial charge in [0.2, 0.25) is 0 Å². The second-order valence-electron chi connectivity index (χ2n) is 20.4. The molecule has 4 heteroatoms. The summed E-state index contributed by atoms with van der Waals surface area (Å²) in [4.78, 5) is 0. The predicted molar refractivity (Wildman–Crippen MR) is 257 cm³/mol. The molecule has 7 aromatic rings. The topological polar surface area (TPSA) is 64.5 Å². The van der Waals surface area contributed by atoms with Crippen molar-refractivity contribution in [2.75, 3.05) is 5.32 Å². The molecule has 10 rings (SSSR count). The second-order valence-corrected chi connectivity index (χ2v) is 20.4. The Bertz CT molecular complexity index is 3120. The third kappa shape index (κ3) is 5.84. The van der Waals surface area contributed by atoms with Gasteiger partial charge in [0.05, 0.1) is 33.9 Å². The number of benzene rings is 6. The van der Waals surface area contributed by atoms with E-state index in [9.17, 15) is 10.5 Å². The van der Waals surface area contributed by atoms with E-state index in [2.05, 4.69) is 213 Å². The van der Waals surface area contributed by atoms with E-state index in [4.69, 9.17) is 0 Å². The highest BCUT2D eigenvalue weighted by Crippen LogP contribution is 2.77. The number of nitriles is 2. The van der Waals surface area contributed by atoms with Gasteiger partial charge in [0.1, 0.15) is 12.1 Å². The van der Waals surface area contributed by atoms with Crippen molar-refractivity contribution >= 4 is 27.5 Å². The lowest BCUT2D eigenvalue weighted by molar-refractivity contribution is 0.486. The molecule has 0 radical (unpaired) electrons. The lowest BCUT2D eigenvalue weighted by Crippen LogP contribution is -2.30. The zero-order chi connectivity index (χ0) is 43.6. The van der Waals surface area contributed by atoms with Crippen LogP contribution in [-0.4, -0.2) is 4.57 Å². The lowest BCUT2D eigenvalue weighted by atomic mass is 9.73. The van der Waals surface area contributed by atoms with Gasteiger partial charge >= 0.3 is 0 Å². The minimum absolute atomic E-state index is 0.0667. The Morgan fingerprint density at radius 3 is 1.66 bits per heavy atom. The predicted octanol–water partition coefficient (Wildman–Crippen LogP) is 14.8. The smallest absolute Gasteiger partial charge is 0.102 e. The normalized spacial score (nSPS) is 20.1. The number of hydrogen-bond acceptors (Lipinski definition) is 3. The molecule has 62 heavy (non-hydrogen) atoms. The van der Waals surface area contributed by atoms with Crippen molar-refractivity contribution in [3.8, 4) is 40.1 Å². The van der Waals surface area contributed by atoms with Gasteiger partial charge in [0.15, 0.2) is 0 Å². The summed E-state index contributed by atoms with van der Waals surface area (Å²) in [6, 6.07) is 42.9. The van der Waals surface area contributed by atoms with Gasteiger partial charge in [-0.15, -0.1) is 0 Å². The molecule has 2 heterocycles. The van der Waals surface area contributed by atoms with E-state index >= 15 is 0 Å². The van der Waals surface area contributed by atoms with Crippen molar-refractivity contribution in [3.63, 3.8) is 0 Å². The number of allylic oxidation sites excluding steroid dienone is 3. The highest BCUT2D eigenvalue weighted by molar-refractivity contribution is 6.11. The summed E-state index contributed by atoms with van der Waals surface area (Å²) in [5.74, 6) is 0.469. The van der Waals surface area contributed by atoms with E-state index in [1.54, 1.807) is 0 Å². The van der Waals surface area contributed by atoms with Gasteiger partial charge in [0.25, 0.3) is 0 Å². The number of rotatable bonds is 4. The largest absolute Gasteiger partial charge is 0.377 e. The zero-order valence-electron chi connectivity index (χ0n) is 37.6. The number of anilines is 1. The fourth-order valence-electron chi connectivity index (χ4n) is 11.0. The Morgan fingerprint density at radius 1 is 0.613 bits per heavy atom. The number of nitrogens with one attached hydrogen (secondary N) is 1. The molecule has 0 saturated heterocycles. The van der Waals surface area contributed by atoms with Crippen molar-refractivity contribution in [1.29, 1.82) is 10.5 Å². The third-order valence-corrected chi connectivity index (χ3v) is 14.2. The molecular formula is C58H54N4. The van der Waals surface area contributed by atoms with Crippen LogP contribution in [0, 0.1) is 54.8 Å². The molecule has 1 saturated carbocycles. The SMILES string of the molecule is CC1=CC2C3c4cc(C)ccc4NC(c4c(C#N)c(-c5ccc(C(C)(C)C)cc5)c(C#N)c(-n5c6ccc(C)cc6c6cc(C)ccc65)c4-c4ccc(C(C)(C)C)cc4)C23C=C1. The molecule has 2 aliphatic carbocycles. The molecule has 0 bridgehead atoms. The number of aromatic nitrogens is 1. The summed E-state index contributed by atoms with van der Waals surface area (Å²) < 4.78 is 2.34. The van der Waals surface area contributed by atoms with Crippen LogP contribution < -0.4 is 5.32 Å². The van der Waals surface area contributed by atoms with Crippen molar-refractivity contribution in [1.82, 2.24) is 4.57 Å². The number of aryl methyl sites for hydroxylation is 3. The number of fused-ring (bicyclic) bond motifs is 6. The second kappa shape index (κ2) is 13.7. The Hall–Kier alpha value is -6.62. The summed E-state index contributed by atoms with van der Waals surface area (Å²) in [6.45, 7) is 22.0. The van der Waals surface area contributed by atoms with Gasteiger partial charge < -0.3 is 9.88 Å². The van der Waals surface area contributed by atoms with Crippen LogP contribution in [0.25, 0.3) is 49.7 Å². The molecule has 4 nitrogen and oxygen atoms in total. The van der Waals surface area contributed by atoms with Crippen LogP contribution in [0.4, 0.5) is 5.69 Å². The number of nitrogens with zero attached hydrogens (tertiary/aromatic N) is 3. The summed E-state index contributed by atoms with van der Waals surface area (Å²) in [6.07, 6.45) is 7.18. The highest BCUT2D eigenvalue weighted by Gasteiger charge is 2.70. The minimum Gasteiger partial charge on any atom is -0.377 e. The van der Waals surface area contributed by atoms with Gasteiger partial charge in [-0.3, -0.25) is 0 Å². The van der Waals surface area contributed by atoms with Crippen molar-refractivity contribution in [2.24, 2.45) is 11.3 Å². The van der Waals surface area contributed by atoms with Gasteiger partial charge in [-0.25, -0.2) is 0 Å². The summed E-state index contributed by atoms with van der Waals surface area (Å²) in [5.41, 5.74) is 17.5. The minimum atomic E-state index is -0.333.